The van der Waals surface area contributed by atoms with Crippen LogP contribution in [-0.4, -0.2) is 30.9 Å². The van der Waals surface area contributed by atoms with E-state index in [1.165, 1.54) is 4.90 Å². The van der Waals surface area contributed by atoms with E-state index in [2.05, 4.69) is 0 Å². The monoisotopic (exact) mass is 397 g/mol. The number of esters is 1. The Morgan fingerprint density at radius 2 is 1.66 bits per heavy atom. The number of hydrazine groups is 1. The number of carbonyl (C=O) groups excluding carboxylic acids is 3. The van der Waals surface area contributed by atoms with Gasteiger partial charge in [0.15, 0.2) is 0 Å². The number of amides is 2. The zero-order chi connectivity index (χ0) is 21.2. The molecule has 3 N–H and O–H groups in total. The van der Waals surface area contributed by atoms with Crippen LogP contribution in [0.4, 0.5) is 5.69 Å². The molecule has 1 unspecified atom stereocenters. The highest BCUT2D eigenvalue weighted by atomic mass is 16.5. The van der Waals surface area contributed by atoms with Crippen molar-refractivity contribution in [2.75, 3.05) is 18.1 Å². The van der Waals surface area contributed by atoms with Crippen molar-refractivity contribution in [2.45, 2.75) is 26.7 Å². The molecular weight excluding hydrogens is 370 g/mol. The van der Waals surface area contributed by atoms with Crippen LogP contribution < -0.4 is 16.2 Å². The van der Waals surface area contributed by atoms with Gasteiger partial charge >= 0.3 is 17.8 Å². The highest BCUT2D eigenvalue weighted by molar-refractivity contribution is 6.40. The van der Waals surface area contributed by atoms with E-state index in [-0.39, 0.29) is 24.9 Å². The van der Waals surface area contributed by atoms with Gasteiger partial charge in [0.2, 0.25) is 0 Å². The third kappa shape index (κ3) is 6.43. The maximum atomic E-state index is 12.5. The van der Waals surface area contributed by atoms with Gasteiger partial charge in [-0.1, -0.05) is 49.4 Å². The third-order valence-electron chi connectivity index (χ3n) is 4.50. The lowest BCUT2D eigenvalue weighted by Gasteiger charge is -2.25. The number of anilines is 1. The zero-order valence-corrected chi connectivity index (χ0v) is 16.8. The number of hydrogen-bond donors (Lipinski definition) is 2. The van der Waals surface area contributed by atoms with Gasteiger partial charge in [-0.25, -0.2) is 5.84 Å². The third-order valence-corrected chi connectivity index (χ3v) is 4.50. The highest BCUT2D eigenvalue weighted by Crippen LogP contribution is 2.24. The first-order chi connectivity index (χ1) is 14.0. The van der Waals surface area contributed by atoms with E-state index in [0.717, 1.165) is 11.1 Å². The van der Waals surface area contributed by atoms with Crippen molar-refractivity contribution in [3.05, 3.63) is 54.6 Å². The maximum absolute atomic E-state index is 12.5. The Kier molecular flexibility index (Phi) is 8.36. The molecule has 0 heterocycles. The topological polar surface area (TPSA) is 102 Å². The molecule has 1 atom stereocenters. The summed E-state index contributed by atoms with van der Waals surface area (Å²) in [6.07, 6.45) is 0.794. The van der Waals surface area contributed by atoms with Crippen molar-refractivity contribution in [1.82, 2.24) is 5.43 Å². The number of ether oxygens (including phenoxy) is 1. The second-order valence-electron chi connectivity index (χ2n) is 6.75. The van der Waals surface area contributed by atoms with Crippen LogP contribution in [0.15, 0.2) is 54.6 Å². The molecule has 2 aromatic rings. The van der Waals surface area contributed by atoms with Gasteiger partial charge in [0.1, 0.15) is 0 Å². The van der Waals surface area contributed by atoms with Crippen LogP contribution in [0.5, 0.6) is 0 Å². The van der Waals surface area contributed by atoms with Crippen molar-refractivity contribution in [3.8, 4) is 11.1 Å². The molecule has 7 heteroatoms. The Labute approximate surface area is 170 Å². The van der Waals surface area contributed by atoms with E-state index >= 15 is 0 Å². The molecular formula is C22H27N3O4. The predicted molar refractivity (Wildman–Crippen MR) is 112 cm³/mol. The van der Waals surface area contributed by atoms with E-state index in [9.17, 15) is 14.4 Å². The first-order valence-corrected chi connectivity index (χ1v) is 9.59. The van der Waals surface area contributed by atoms with E-state index in [0.29, 0.717) is 18.7 Å². The fourth-order valence-corrected chi connectivity index (χ4v) is 2.95. The van der Waals surface area contributed by atoms with Crippen LogP contribution in [0, 0.1) is 5.92 Å². The largest absolute Gasteiger partial charge is 0.466 e. The predicted octanol–water partition coefficient (Wildman–Crippen LogP) is 2.66. The summed E-state index contributed by atoms with van der Waals surface area (Å²) in [6, 6.07) is 17.2. The summed E-state index contributed by atoms with van der Waals surface area (Å²) >= 11 is 0. The van der Waals surface area contributed by atoms with E-state index in [1.807, 2.05) is 54.8 Å². The van der Waals surface area contributed by atoms with Crippen molar-refractivity contribution in [2.24, 2.45) is 11.8 Å². The van der Waals surface area contributed by atoms with E-state index < -0.39 is 11.8 Å². The standard InChI is InChI=1S/C22H27N3O4/c1-3-29-20(26)14-9-16(2)15-25(22(28)21(27)24-23)19-12-10-18(11-13-19)17-7-5-4-6-8-17/h4-8,10-13,16H,3,9,14-15,23H2,1-2H3,(H,24,27). The molecule has 0 saturated carbocycles. The summed E-state index contributed by atoms with van der Waals surface area (Å²) in [5.74, 6) is 3.20. The Balaban J connectivity index is 2.16. The fraction of sp³-hybridized carbons (Fsp3) is 0.318. The summed E-state index contributed by atoms with van der Waals surface area (Å²) in [6.45, 7) is 4.28. The molecule has 2 rings (SSSR count). The molecule has 0 aliphatic carbocycles. The van der Waals surface area contributed by atoms with Crippen LogP contribution >= 0.6 is 0 Å². The summed E-state index contributed by atoms with van der Waals surface area (Å²) in [5.41, 5.74) is 4.53. The van der Waals surface area contributed by atoms with Gasteiger partial charge < -0.3 is 9.64 Å². The van der Waals surface area contributed by atoms with E-state index in [1.54, 1.807) is 19.1 Å². The molecule has 0 radical (unpaired) electrons. The number of nitrogens with two attached hydrogens (primary N) is 1. The molecule has 0 spiro atoms. The lowest BCUT2D eigenvalue weighted by atomic mass is 10.0. The lowest BCUT2D eigenvalue weighted by molar-refractivity contribution is -0.143. The molecule has 0 fully saturated rings. The van der Waals surface area contributed by atoms with Gasteiger partial charge in [0, 0.05) is 18.7 Å². The van der Waals surface area contributed by atoms with Crippen LogP contribution in [0.3, 0.4) is 0 Å². The first-order valence-electron chi connectivity index (χ1n) is 9.59. The number of nitrogens with one attached hydrogen (secondary N) is 1. The van der Waals surface area contributed by atoms with Gasteiger partial charge in [0.25, 0.3) is 0 Å². The molecule has 154 valence electrons. The Morgan fingerprint density at radius 1 is 1.03 bits per heavy atom. The van der Waals surface area contributed by atoms with E-state index in [4.69, 9.17) is 10.6 Å². The second kappa shape index (κ2) is 11.0. The van der Waals surface area contributed by atoms with Crippen molar-refractivity contribution < 1.29 is 19.1 Å². The molecule has 7 nitrogen and oxygen atoms in total. The second-order valence-corrected chi connectivity index (χ2v) is 6.75. The zero-order valence-electron chi connectivity index (χ0n) is 16.8. The SMILES string of the molecule is CCOC(=O)CCC(C)CN(C(=O)C(=O)NN)c1ccc(-c2ccccc2)cc1. The first kappa shape index (κ1) is 22.1. The molecule has 0 aliphatic rings. The summed E-state index contributed by atoms with van der Waals surface area (Å²) < 4.78 is 4.94. The van der Waals surface area contributed by atoms with Crippen molar-refractivity contribution in [1.29, 1.82) is 0 Å². The minimum absolute atomic E-state index is 0.0252. The van der Waals surface area contributed by atoms with Gasteiger partial charge in [-0.2, -0.15) is 0 Å². The van der Waals surface area contributed by atoms with Gasteiger partial charge in [0.05, 0.1) is 6.61 Å². The van der Waals surface area contributed by atoms with Crippen molar-refractivity contribution in [3.63, 3.8) is 0 Å². The normalized spacial score (nSPS) is 11.4. The summed E-state index contributed by atoms with van der Waals surface area (Å²) in [5, 5.41) is 0. The van der Waals surface area contributed by atoms with Gasteiger partial charge in [-0.05, 0) is 42.5 Å². The minimum atomic E-state index is -0.894. The maximum Gasteiger partial charge on any atom is 0.323 e. The van der Waals surface area contributed by atoms with Crippen LogP contribution in [0.2, 0.25) is 0 Å². The highest BCUT2D eigenvalue weighted by Gasteiger charge is 2.24. The Hall–Kier alpha value is -3.19. The number of rotatable bonds is 8. The number of carbonyl (C=O) groups is 3. The summed E-state index contributed by atoms with van der Waals surface area (Å²) in [4.78, 5) is 37.4. The van der Waals surface area contributed by atoms with Crippen molar-refractivity contribution >= 4 is 23.5 Å². The average Bonchev–Trinajstić information content (AvgIpc) is 2.76. The van der Waals surface area contributed by atoms with Crippen LogP contribution in [0.25, 0.3) is 11.1 Å². The number of nitrogens with zero attached hydrogens (tertiary/aromatic N) is 1. The molecule has 29 heavy (non-hydrogen) atoms. The minimum Gasteiger partial charge on any atom is -0.466 e. The van der Waals surface area contributed by atoms with Crippen LogP contribution in [-0.2, 0) is 19.1 Å². The number of benzene rings is 2. The molecule has 2 aromatic carbocycles. The smallest absolute Gasteiger partial charge is 0.323 e. The molecule has 0 saturated heterocycles. The summed E-state index contributed by atoms with van der Waals surface area (Å²) in [7, 11) is 0. The Morgan fingerprint density at radius 3 is 2.24 bits per heavy atom. The Bertz CT molecular complexity index is 822. The number of hydrogen-bond acceptors (Lipinski definition) is 5. The van der Waals surface area contributed by atoms with Gasteiger partial charge in [-0.3, -0.25) is 19.8 Å². The molecule has 2 amide bonds. The fourth-order valence-electron chi connectivity index (χ4n) is 2.95. The van der Waals surface area contributed by atoms with Crippen LogP contribution in [0.1, 0.15) is 26.7 Å². The van der Waals surface area contributed by atoms with Gasteiger partial charge in [-0.15, -0.1) is 0 Å². The quantitative estimate of drug-likeness (QED) is 0.234. The molecule has 0 aromatic heterocycles. The average molecular weight is 397 g/mol. The molecule has 0 bridgehead atoms. The molecule has 0 aliphatic heterocycles. The lowest BCUT2D eigenvalue weighted by Crippen LogP contribution is -2.47.